The number of carbonyl (C=O) groups excluding carboxylic acids is 1. The fraction of sp³-hybridized carbons (Fsp3) is 0.130. The van der Waals surface area contributed by atoms with Crippen molar-refractivity contribution in [2.75, 3.05) is 11.9 Å². The van der Waals surface area contributed by atoms with Gasteiger partial charge in [0.2, 0.25) is 0 Å². The second-order valence-corrected chi connectivity index (χ2v) is 7.18. The van der Waals surface area contributed by atoms with Gasteiger partial charge in [-0.05, 0) is 48.5 Å². The molecule has 8 heteroatoms. The summed E-state index contributed by atoms with van der Waals surface area (Å²) in [6.45, 7) is 2.27. The third kappa shape index (κ3) is 6.35. The molecule has 0 heterocycles. The fourth-order valence-corrected chi connectivity index (χ4v) is 3.05. The molecule has 0 aliphatic heterocycles. The first-order chi connectivity index (χ1) is 14.9. The number of ether oxygens (including phenoxy) is 1. The van der Waals surface area contributed by atoms with Gasteiger partial charge in [-0.1, -0.05) is 42.5 Å². The quantitative estimate of drug-likeness (QED) is 0.319. The molecule has 158 valence electrons. The van der Waals surface area contributed by atoms with Crippen molar-refractivity contribution in [1.82, 2.24) is 5.32 Å². The van der Waals surface area contributed by atoms with Crippen LogP contribution in [0.2, 0.25) is 0 Å². The highest BCUT2D eigenvalue weighted by atomic mass is 32.1. The summed E-state index contributed by atoms with van der Waals surface area (Å²) in [5.74, 6) is 0.172. The van der Waals surface area contributed by atoms with Crippen molar-refractivity contribution in [3.63, 3.8) is 0 Å². The monoisotopic (exact) mass is 435 g/mol. The highest BCUT2D eigenvalue weighted by Gasteiger charge is 2.12. The van der Waals surface area contributed by atoms with Crippen LogP contribution in [0.4, 0.5) is 11.4 Å². The Kier molecular flexibility index (Phi) is 7.29. The van der Waals surface area contributed by atoms with E-state index < -0.39 is 10.8 Å². The van der Waals surface area contributed by atoms with Crippen molar-refractivity contribution in [3.8, 4) is 5.75 Å². The molecule has 7 nitrogen and oxygen atoms in total. The molecule has 2 N–H and O–H groups in total. The largest absolute Gasteiger partial charge is 0.493 e. The lowest BCUT2D eigenvalue weighted by Gasteiger charge is -2.12. The van der Waals surface area contributed by atoms with Gasteiger partial charge in [0.1, 0.15) is 5.75 Å². The Labute approximate surface area is 185 Å². The summed E-state index contributed by atoms with van der Waals surface area (Å²) < 4.78 is 5.76. The third-order valence-electron chi connectivity index (χ3n) is 4.51. The first-order valence-electron chi connectivity index (χ1n) is 9.56. The molecule has 0 aliphatic carbocycles. The third-order valence-corrected chi connectivity index (χ3v) is 4.71. The van der Waals surface area contributed by atoms with Gasteiger partial charge in [0.05, 0.1) is 11.5 Å². The van der Waals surface area contributed by atoms with Gasteiger partial charge in [-0.3, -0.25) is 20.2 Å². The van der Waals surface area contributed by atoms with E-state index in [4.69, 9.17) is 17.0 Å². The molecule has 1 amide bonds. The molecule has 3 aromatic rings. The summed E-state index contributed by atoms with van der Waals surface area (Å²) in [6, 6.07) is 21.2. The number of thiocarbonyl (C=S) groups is 1. The highest BCUT2D eigenvalue weighted by Crippen LogP contribution is 2.22. The van der Waals surface area contributed by atoms with E-state index in [1.165, 1.54) is 17.7 Å². The first-order valence-corrected chi connectivity index (χ1v) is 9.97. The van der Waals surface area contributed by atoms with E-state index >= 15 is 0 Å². The lowest BCUT2D eigenvalue weighted by Crippen LogP contribution is -2.34. The van der Waals surface area contributed by atoms with Crippen LogP contribution in [-0.4, -0.2) is 22.5 Å². The number of aryl methyl sites for hydroxylation is 1. The Morgan fingerprint density at radius 1 is 1.06 bits per heavy atom. The van der Waals surface area contributed by atoms with Gasteiger partial charge in [0, 0.05) is 29.8 Å². The molecular weight excluding hydrogens is 414 g/mol. The standard InChI is InChI=1S/C23H21N3O4S/c1-16-10-11-19(26(28)29)15-21(16)24-23(31)25-22(27)18-8-5-9-20(14-18)30-13-12-17-6-3-2-4-7-17/h2-11,14-15H,12-13H2,1H3,(H2,24,25,27,31). The molecule has 0 atom stereocenters. The molecule has 0 unspecified atom stereocenters. The van der Waals surface area contributed by atoms with Crippen LogP contribution < -0.4 is 15.4 Å². The smallest absolute Gasteiger partial charge is 0.271 e. The number of nitrogens with zero attached hydrogens (tertiary/aromatic N) is 1. The van der Waals surface area contributed by atoms with E-state index in [9.17, 15) is 14.9 Å². The van der Waals surface area contributed by atoms with Crippen LogP contribution in [0, 0.1) is 17.0 Å². The maximum atomic E-state index is 12.6. The zero-order valence-electron chi connectivity index (χ0n) is 16.8. The predicted octanol–water partition coefficient (Wildman–Crippen LogP) is 4.65. The normalized spacial score (nSPS) is 10.2. The summed E-state index contributed by atoms with van der Waals surface area (Å²) in [6.07, 6.45) is 0.758. The van der Waals surface area contributed by atoms with E-state index in [2.05, 4.69) is 10.6 Å². The number of hydrogen-bond donors (Lipinski definition) is 2. The number of nitro groups is 1. The van der Waals surface area contributed by atoms with E-state index in [1.807, 2.05) is 30.3 Å². The van der Waals surface area contributed by atoms with Crippen molar-refractivity contribution in [2.45, 2.75) is 13.3 Å². The van der Waals surface area contributed by atoms with Crippen LogP contribution in [0.3, 0.4) is 0 Å². The number of nitrogens with one attached hydrogen (secondary N) is 2. The van der Waals surface area contributed by atoms with Gasteiger partial charge in [0.15, 0.2) is 5.11 Å². The molecule has 3 rings (SSSR count). The molecule has 0 aromatic heterocycles. The second-order valence-electron chi connectivity index (χ2n) is 6.78. The number of nitro benzene ring substituents is 1. The lowest BCUT2D eigenvalue weighted by atomic mass is 10.1. The number of rotatable bonds is 7. The van der Waals surface area contributed by atoms with Crippen molar-refractivity contribution >= 4 is 34.6 Å². The summed E-state index contributed by atoms with van der Waals surface area (Å²) in [5, 5.41) is 16.4. The Balaban J connectivity index is 1.57. The lowest BCUT2D eigenvalue weighted by molar-refractivity contribution is -0.384. The van der Waals surface area contributed by atoms with Gasteiger partial charge in [-0.2, -0.15) is 0 Å². The second kappa shape index (κ2) is 10.3. The van der Waals surface area contributed by atoms with Gasteiger partial charge in [-0.25, -0.2) is 0 Å². The van der Waals surface area contributed by atoms with Gasteiger partial charge in [0.25, 0.3) is 11.6 Å². The van der Waals surface area contributed by atoms with Crippen LogP contribution in [0.5, 0.6) is 5.75 Å². The molecule has 0 aliphatic rings. The summed E-state index contributed by atoms with van der Waals surface area (Å²) in [5.41, 5.74) is 2.71. The topological polar surface area (TPSA) is 93.5 Å². The number of benzene rings is 3. The Hall–Kier alpha value is -3.78. The van der Waals surface area contributed by atoms with Crippen LogP contribution in [0.1, 0.15) is 21.5 Å². The summed E-state index contributed by atoms with van der Waals surface area (Å²) in [7, 11) is 0. The summed E-state index contributed by atoms with van der Waals surface area (Å²) >= 11 is 5.19. The molecule has 0 radical (unpaired) electrons. The Morgan fingerprint density at radius 2 is 1.84 bits per heavy atom. The zero-order chi connectivity index (χ0) is 22.2. The van der Waals surface area contributed by atoms with Crippen LogP contribution in [0.15, 0.2) is 72.8 Å². The van der Waals surface area contributed by atoms with Crippen LogP contribution in [0.25, 0.3) is 0 Å². The minimum Gasteiger partial charge on any atom is -0.493 e. The average molecular weight is 436 g/mol. The molecule has 0 saturated heterocycles. The van der Waals surface area contributed by atoms with E-state index in [-0.39, 0.29) is 10.8 Å². The zero-order valence-corrected chi connectivity index (χ0v) is 17.6. The molecule has 31 heavy (non-hydrogen) atoms. The number of carbonyl (C=O) groups is 1. The minimum atomic E-state index is -0.491. The molecular formula is C23H21N3O4S. The molecule has 0 spiro atoms. The average Bonchev–Trinajstić information content (AvgIpc) is 2.76. The molecule has 3 aromatic carbocycles. The van der Waals surface area contributed by atoms with E-state index in [0.29, 0.717) is 23.6 Å². The molecule has 0 bridgehead atoms. The first kappa shape index (κ1) is 21.9. The van der Waals surface area contributed by atoms with Gasteiger partial charge in [-0.15, -0.1) is 0 Å². The maximum Gasteiger partial charge on any atom is 0.271 e. The molecule has 0 fully saturated rings. The highest BCUT2D eigenvalue weighted by molar-refractivity contribution is 7.80. The van der Waals surface area contributed by atoms with Gasteiger partial charge < -0.3 is 10.1 Å². The van der Waals surface area contributed by atoms with Gasteiger partial charge >= 0.3 is 0 Å². The van der Waals surface area contributed by atoms with Crippen LogP contribution >= 0.6 is 12.2 Å². The maximum absolute atomic E-state index is 12.6. The number of amides is 1. The number of anilines is 1. The fourth-order valence-electron chi connectivity index (χ4n) is 2.85. The Morgan fingerprint density at radius 3 is 2.58 bits per heavy atom. The predicted molar refractivity (Wildman–Crippen MR) is 124 cm³/mol. The van der Waals surface area contributed by atoms with Crippen molar-refractivity contribution < 1.29 is 14.5 Å². The van der Waals surface area contributed by atoms with E-state index in [0.717, 1.165) is 12.0 Å². The minimum absolute atomic E-state index is 0.0454. The van der Waals surface area contributed by atoms with Crippen molar-refractivity contribution in [3.05, 3.63) is 99.6 Å². The van der Waals surface area contributed by atoms with E-state index in [1.54, 1.807) is 37.3 Å². The number of hydrogen-bond acceptors (Lipinski definition) is 5. The van der Waals surface area contributed by atoms with Crippen LogP contribution in [-0.2, 0) is 6.42 Å². The number of non-ortho nitro benzene ring substituents is 1. The Bertz CT molecular complexity index is 1100. The molecule has 0 saturated carbocycles. The SMILES string of the molecule is Cc1ccc([N+](=O)[O-])cc1NC(=S)NC(=O)c1cccc(OCCc2ccccc2)c1. The van der Waals surface area contributed by atoms with Crippen molar-refractivity contribution in [1.29, 1.82) is 0 Å². The van der Waals surface area contributed by atoms with Crippen molar-refractivity contribution in [2.24, 2.45) is 0 Å². The summed E-state index contributed by atoms with van der Waals surface area (Å²) in [4.78, 5) is 23.0.